The Balaban J connectivity index is 1.84. The number of esters is 1. The van der Waals surface area contributed by atoms with Crippen LogP contribution in [0, 0.1) is 38.5 Å². The lowest BCUT2D eigenvalue weighted by Gasteiger charge is -2.13. The van der Waals surface area contributed by atoms with Crippen molar-refractivity contribution in [1.29, 1.82) is 0 Å². The second-order valence-corrected chi connectivity index (χ2v) is 9.97. The summed E-state index contributed by atoms with van der Waals surface area (Å²) in [4.78, 5) is 19.0. The molecule has 7 nitrogen and oxygen atoms in total. The number of benzene rings is 1. The molecule has 0 spiro atoms. The molecule has 34 heavy (non-hydrogen) atoms. The summed E-state index contributed by atoms with van der Waals surface area (Å²) in [5, 5.41) is 9.78. The van der Waals surface area contributed by atoms with Gasteiger partial charge >= 0.3 is 5.97 Å². The van der Waals surface area contributed by atoms with E-state index in [2.05, 4.69) is 35.9 Å². The maximum atomic E-state index is 12.7. The third-order valence-corrected chi connectivity index (χ3v) is 6.86. The highest BCUT2D eigenvalue weighted by Crippen LogP contribution is 2.39. The van der Waals surface area contributed by atoms with Crippen LogP contribution in [0.15, 0.2) is 29.3 Å². The molecule has 2 N–H and O–H groups in total. The average molecular weight is 476 g/mol. The molecule has 0 unspecified atom stereocenters. The molecule has 1 aromatic carbocycles. The molecule has 3 heterocycles. The lowest BCUT2D eigenvalue weighted by molar-refractivity contribution is -0.145. The molecule has 0 saturated heterocycles. The Hall–Kier alpha value is -3.28. The molecule has 2 aromatic heterocycles. The van der Waals surface area contributed by atoms with Crippen molar-refractivity contribution in [2.24, 2.45) is 16.6 Å². The highest BCUT2D eigenvalue weighted by molar-refractivity contribution is 7.15. The van der Waals surface area contributed by atoms with E-state index in [1.807, 2.05) is 49.6 Å². The van der Waals surface area contributed by atoms with Crippen LogP contribution in [0.25, 0.3) is 5.00 Å². The second kappa shape index (κ2) is 9.92. The number of aliphatic imine (C=N–C) groups is 1. The van der Waals surface area contributed by atoms with Crippen LogP contribution in [0.2, 0.25) is 0 Å². The first-order chi connectivity index (χ1) is 16.3. The number of nitrogens with zero attached hydrogens (tertiary/aromatic N) is 4. The summed E-state index contributed by atoms with van der Waals surface area (Å²) in [6, 6.07) is 7.46. The number of carbonyl (C=O) groups excluding carboxylic acids is 1. The van der Waals surface area contributed by atoms with Crippen molar-refractivity contribution in [2.75, 3.05) is 13.2 Å². The van der Waals surface area contributed by atoms with Gasteiger partial charge < -0.3 is 10.5 Å². The van der Waals surface area contributed by atoms with Crippen LogP contribution in [-0.4, -0.2) is 39.6 Å². The minimum absolute atomic E-state index is 0.0986. The van der Waals surface area contributed by atoms with Gasteiger partial charge in [-0.1, -0.05) is 37.8 Å². The van der Waals surface area contributed by atoms with Crippen LogP contribution in [0.5, 0.6) is 0 Å². The fourth-order valence-electron chi connectivity index (χ4n) is 3.87. The lowest BCUT2D eigenvalue weighted by atomic mass is 9.98. The minimum Gasteiger partial charge on any atom is -0.465 e. The Morgan fingerprint density at radius 3 is 2.62 bits per heavy atom. The number of carbonyl (C=O) groups is 1. The molecular weight excluding hydrogens is 446 g/mol. The predicted octanol–water partition coefficient (Wildman–Crippen LogP) is 4.05. The van der Waals surface area contributed by atoms with Crippen molar-refractivity contribution in [3.63, 3.8) is 0 Å². The highest BCUT2D eigenvalue weighted by Gasteiger charge is 2.32. The number of rotatable bonds is 5. The monoisotopic (exact) mass is 475 g/mol. The van der Waals surface area contributed by atoms with Gasteiger partial charge in [-0.3, -0.25) is 14.4 Å². The van der Waals surface area contributed by atoms with Gasteiger partial charge in [0, 0.05) is 21.6 Å². The largest absolute Gasteiger partial charge is 0.465 e. The van der Waals surface area contributed by atoms with Crippen LogP contribution >= 0.6 is 11.3 Å². The molecular formula is C26H29N5O2S. The number of hydrogen-bond donors (Lipinski definition) is 1. The molecule has 0 amide bonds. The van der Waals surface area contributed by atoms with Gasteiger partial charge in [-0.15, -0.1) is 21.5 Å². The van der Waals surface area contributed by atoms with Gasteiger partial charge in [-0.05, 0) is 44.4 Å². The third kappa shape index (κ3) is 4.67. The summed E-state index contributed by atoms with van der Waals surface area (Å²) >= 11 is 1.69. The Bertz CT molecular complexity index is 1310. The van der Waals surface area contributed by atoms with E-state index in [1.165, 1.54) is 4.88 Å². The maximum absolute atomic E-state index is 12.7. The molecule has 8 heteroatoms. The summed E-state index contributed by atoms with van der Waals surface area (Å²) < 4.78 is 7.52. The molecule has 1 aliphatic heterocycles. The van der Waals surface area contributed by atoms with Crippen LogP contribution in [-0.2, 0) is 9.53 Å². The zero-order valence-electron chi connectivity index (χ0n) is 20.2. The molecule has 0 aliphatic carbocycles. The highest BCUT2D eigenvalue weighted by atomic mass is 32.1. The molecule has 4 rings (SSSR count). The summed E-state index contributed by atoms with van der Waals surface area (Å²) in [6.45, 7) is 10.9. The van der Waals surface area contributed by atoms with E-state index in [9.17, 15) is 4.79 Å². The van der Waals surface area contributed by atoms with Crippen molar-refractivity contribution in [1.82, 2.24) is 14.8 Å². The standard InChI is InChI=1S/C26H29N5O2S/c1-15(2)14-33-22(32)13-21-25-30-29-18(5)31(25)26-23(16(3)17(4)34-26)24(28-21)20-10-8-19(9-11-20)7-6-12-27/h8-11,15,21H,12-14,27H2,1-5H3/t21-/m0/s1. The van der Waals surface area contributed by atoms with E-state index in [0.717, 1.165) is 38.8 Å². The maximum Gasteiger partial charge on any atom is 0.308 e. The van der Waals surface area contributed by atoms with Crippen LogP contribution in [0.4, 0.5) is 0 Å². The molecule has 0 radical (unpaired) electrons. The predicted molar refractivity (Wildman–Crippen MR) is 135 cm³/mol. The number of fused-ring (bicyclic) bond motifs is 3. The quantitative estimate of drug-likeness (QED) is 0.444. The van der Waals surface area contributed by atoms with Crippen molar-refractivity contribution in [3.05, 3.63) is 63.0 Å². The molecule has 1 aliphatic rings. The molecule has 3 aromatic rings. The molecule has 0 saturated carbocycles. The Morgan fingerprint density at radius 1 is 1.21 bits per heavy atom. The normalized spacial score (nSPS) is 14.6. The van der Waals surface area contributed by atoms with E-state index >= 15 is 0 Å². The number of aromatic nitrogens is 3. The summed E-state index contributed by atoms with van der Waals surface area (Å²) in [5.74, 6) is 7.34. The SMILES string of the molecule is Cc1sc2c(c1C)C(c1ccc(C#CCN)cc1)=N[C@@H](CC(=O)OCC(C)C)c1nnc(C)n1-2. The second-order valence-electron chi connectivity index (χ2n) is 8.76. The first-order valence-corrected chi connectivity index (χ1v) is 12.2. The minimum atomic E-state index is -0.508. The lowest BCUT2D eigenvalue weighted by Crippen LogP contribution is -2.15. The van der Waals surface area contributed by atoms with E-state index in [0.29, 0.717) is 19.0 Å². The van der Waals surface area contributed by atoms with Gasteiger partial charge in [0.05, 0.1) is 25.3 Å². The smallest absolute Gasteiger partial charge is 0.308 e. The van der Waals surface area contributed by atoms with Crippen molar-refractivity contribution >= 4 is 23.0 Å². The number of hydrogen-bond acceptors (Lipinski definition) is 7. The Labute approximate surface area is 204 Å². The molecule has 0 bridgehead atoms. The van der Waals surface area contributed by atoms with Crippen LogP contribution in [0.3, 0.4) is 0 Å². The number of ether oxygens (including phenoxy) is 1. The van der Waals surface area contributed by atoms with Gasteiger partial charge in [-0.25, -0.2) is 0 Å². The van der Waals surface area contributed by atoms with Gasteiger partial charge in [0.25, 0.3) is 0 Å². The van der Waals surface area contributed by atoms with Crippen molar-refractivity contribution in [3.8, 4) is 16.8 Å². The topological polar surface area (TPSA) is 95.4 Å². The molecule has 1 atom stereocenters. The van der Waals surface area contributed by atoms with E-state index < -0.39 is 6.04 Å². The number of thiophene rings is 1. The summed E-state index contributed by atoms with van der Waals surface area (Å²) in [7, 11) is 0. The zero-order chi connectivity index (χ0) is 24.4. The number of nitrogens with two attached hydrogens (primary N) is 1. The molecule has 0 fully saturated rings. The third-order valence-electron chi connectivity index (χ3n) is 5.67. The van der Waals surface area contributed by atoms with Crippen LogP contribution < -0.4 is 5.73 Å². The summed E-state index contributed by atoms with van der Waals surface area (Å²) in [5.41, 5.74) is 10.4. The van der Waals surface area contributed by atoms with E-state index in [-0.39, 0.29) is 18.3 Å². The Kier molecular flexibility index (Phi) is 6.96. The van der Waals surface area contributed by atoms with Gasteiger partial charge in [0.2, 0.25) is 0 Å². The first kappa shape index (κ1) is 23.9. The fraction of sp³-hybridized carbons (Fsp3) is 0.385. The van der Waals surface area contributed by atoms with Gasteiger partial charge in [0.15, 0.2) is 5.82 Å². The van der Waals surface area contributed by atoms with E-state index in [1.54, 1.807) is 11.3 Å². The van der Waals surface area contributed by atoms with Crippen LogP contribution in [0.1, 0.15) is 65.1 Å². The Morgan fingerprint density at radius 2 is 1.94 bits per heavy atom. The van der Waals surface area contributed by atoms with Crippen molar-refractivity contribution < 1.29 is 9.53 Å². The van der Waals surface area contributed by atoms with Gasteiger partial charge in [-0.2, -0.15) is 0 Å². The first-order valence-electron chi connectivity index (χ1n) is 11.4. The van der Waals surface area contributed by atoms with Crippen molar-refractivity contribution in [2.45, 2.75) is 47.1 Å². The number of aryl methyl sites for hydroxylation is 2. The van der Waals surface area contributed by atoms with Gasteiger partial charge in [0.1, 0.15) is 16.9 Å². The summed E-state index contributed by atoms with van der Waals surface area (Å²) in [6.07, 6.45) is 0.0986. The molecule has 176 valence electrons. The fourth-order valence-corrected chi connectivity index (χ4v) is 5.08. The van der Waals surface area contributed by atoms with E-state index in [4.69, 9.17) is 15.5 Å². The zero-order valence-corrected chi connectivity index (χ0v) is 21.0. The average Bonchev–Trinajstić information content (AvgIpc) is 3.29.